The van der Waals surface area contributed by atoms with Gasteiger partial charge >= 0.3 is 31.5 Å². The Hall–Kier alpha value is -4.14. The van der Waals surface area contributed by atoms with Crippen molar-refractivity contribution in [1.82, 2.24) is 24.8 Å². The maximum Gasteiger partial charge on any atom is 0.342 e. The Morgan fingerprint density at radius 3 is 2.23 bits per heavy atom. The summed E-state index contributed by atoms with van der Waals surface area (Å²) < 4.78 is 49.9. The second kappa shape index (κ2) is 19.8. The Kier molecular flexibility index (Phi) is 16.2. The fourth-order valence-electron chi connectivity index (χ4n) is 5.84. The highest BCUT2D eigenvalue weighted by atomic mass is 31.2. The topological polar surface area (TPSA) is 245 Å². The molecule has 18 nitrogen and oxygen atoms in total. The van der Waals surface area contributed by atoms with Gasteiger partial charge in [-0.3, -0.25) is 23.7 Å². The van der Waals surface area contributed by atoms with Crippen molar-refractivity contribution in [2.45, 2.75) is 122 Å². The van der Waals surface area contributed by atoms with Crippen LogP contribution in [0.25, 0.3) is 5.52 Å². The number of carbonyl (C=O) groups excluding carboxylic acids is 4. The number of ether oxygens (including phenoxy) is 5. The minimum atomic E-state index is -4.54. The highest BCUT2D eigenvalue weighted by Gasteiger charge is 2.52. The zero-order valence-corrected chi connectivity index (χ0v) is 32.3. The maximum atomic E-state index is 14.6. The molecule has 53 heavy (non-hydrogen) atoms. The molecule has 2 aromatic heterocycles. The Labute approximate surface area is 309 Å². The smallest absolute Gasteiger partial charge is 0.342 e. The zero-order chi connectivity index (χ0) is 39.3. The van der Waals surface area contributed by atoms with E-state index in [1.807, 2.05) is 19.9 Å². The van der Waals surface area contributed by atoms with Crippen molar-refractivity contribution in [3.05, 3.63) is 24.2 Å². The van der Waals surface area contributed by atoms with Gasteiger partial charge in [-0.2, -0.15) is 10.4 Å². The molecule has 19 heteroatoms. The van der Waals surface area contributed by atoms with Crippen LogP contribution >= 0.6 is 7.67 Å². The van der Waals surface area contributed by atoms with Crippen molar-refractivity contribution < 1.29 is 52.0 Å². The Bertz CT molecular complexity index is 1660. The van der Waals surface area contributed by atoms with E-state index in [9.17, 15) is 29.0 Å². The summed E-state index contributed by atoms with van der Waals surface area (Å²) in [4.78, 5) is 55.2. The maximum absolute atomic E-state index is 14.6. The van der Waals surface area contributed by atoms with Crippen LogP contribution in [0.15, 0.2) is 18.5 Å². The van der Waals surface area contributed by atoms with Crippen LogP contribution in [0.5, 0.6) is 0 Å². The van der Waals surface area contributed by atoms with Gasteiger partial charge in [0, 0.05) is 21.0 Å². The minimum absolute atomic E-state index is 0.0836. The number of aromatic nitrogens is 3. The molecule has 1 aliphatic rings. The highest BCUT2D eigenvalue weighted by molar-refractivity contribution is 7.54. The highest BCUT2D eigenvalue weighted by Crippen LogP contribution is 2.43. The minimum Gasteiger partial charge on any atom is -0.464 e. The van der Waals surface area contributed by atoms with Crippen LogP contribution in [0.1, 0.15) is 98.3 Å². The molecule has 2 unspecified atom stereocenters. The molecule has 294 valence electrons. The first kappa shape index (κ1) is 43.3. The molecule has 0 aliphatic heterocycles. The number of esters is 4. The lowest BCUT2D eigenvalue weighted by atomic mass is 9.92. The van der Waals surface area contributed by atoms with E-state index in [-0.39, 0.29) is 30.1 Å². The van der Waals surface area contributed by atoms with Gasteiger partial charge in [-0.05, 0) is 57.6 Å². The predicted molar refractivity (Wildman–Crippen MR) is 190 cm³/mol. The molecule has 0 saturated heterocycles. The number of hydrogen-bond donors (Lipinski definition) is 3. The molecule has 0 spiro atoms. The predicted octanol–water partition coefficient (Wildman–Crippen LogP) is 3.69. The van der Waals surface area contributed by atoms with E-state index in [4.69, 9.17) is 33.9 Å². The van der Waals surface area contributed by atoms with Gasteiger partial charge in [0.2, 0.25) is 5.60 Å². The van der Waals surface area contributed by atoms with Crippen LogP contribution in [0.4, 0.5) is 5.82 Å². The summed E-state index contributed by atoms with van der Waals surface area (Å²) in [5.74, 6) is -2.98. The van der Waals surface area contributed by atoms with E-state index in [0.717, 1.165) is 59.4 Å². The normalized spacial score (nSPS) is 18.1. The number of nitrogens with two attached hydrogens (primary N) is 1. The van der Waals surface area contributed by atoms with Crippen LogP contribution in [-0.2, 0) is 52.0 Å². The summed E-state index contributed by atoms with van der Waals surface area (Å²) in [5, 5.41) is 20.1. The molecule has 1 aliphatic carbocycles. The van der Waals surface area contributed by atoms with Gasteiger partial charge in [0.05, 0.1) is 12.3 Å². The molecule has 6 atom stereocenters. The fraction of sp³-hybridized carbons (Fsp3) is 0.676. The Balaban J connectivity index is 2.01. The monoisotopic (exact) mass is 765 g/mol. The quantitative estimate of drug-likeness (QED) is 0.0988. The van der Waals surface area contributed by atoms with Crippen molar-refractivity contribution in [3.8, 4) is 6.07 Å². The number of nitriles is 1. The van der Waals surface area contributed by atoms with Gasteiger partial charge in [0.1, 0.15) is 42.7 Å². The largest absolute Gasteiger partial charge is 0.464 e. The van der Waals surface area contributed by atoms with Gasteiger partial charge in [0.15, 0.2) is 18.0 Å². The number of carbonyl (C=O) groups is 4. The number of nitrogens with one attached hydrogen (secondary N) is 2. The molecular formula is C34H52N7O11P. The second-order valence-corrected chi connectivity index (χ2v) is 14.9. The molecule has 0 radical (unpaired) electrons. The zero-order valence-electron chi connectivity index (χ0n) is 31.4. The second-order valence-electron chi connectivity index (χ2n) is 13.0. The molecule has 1 saturated carbocycles. The number of hydrogen-bond acceptors (Lipinski definition) is 15. The van der Waals surface area contributed by atoms with E-state index < -0.39 is 68.0 Å². The summed E-state index contributed by atoms with van der Waals surface area (Å²) in [6.07, 6.45) is 3.29. The number of anilines is 1. The molecule has 3 rings (SSSR count). The Morgan fingerprint density at radius 2 is 1.66 bits per heavy atom. The van der Waals surface area contributed by atoms with Crippen molar-refractivity contribution in [3.63, 3.8) is 0 Å². The third kappa shape index (κ3) is 11.7. The van der Waals surface area contributed by atoms with Gasteiger partial charge in [-0.25, -0.2) is 19.7 Å². The molecule has 4 N–H and O–H groups in total. The van der Waals surface area contributed by atoms with E-state index >= 15 is 0 Å². The van der Waals surface area contributed by atoms with E-state index in [1.165, 1.54) is 30.5 Å². The van der Waals surface area contributed by atoms with Crippen LogP contribution in [0.3, 0.4) is 0 Å². The van der Waals surface area contributed by atoms with E-state index in [0.29, 0.717) is 18.4 Å². The number of nitrogen functional groups attached to an aromatic ring is 1. The average Bonchev–Trinajstić information content (AvgIpc) is 3.56. The van der Waals surface area contributed by atoms with Gasteiger partial charge in [0.25, 0.3) is 0 Å². The SMILES string of the molecule is CCC(CC)COC(=O)[C@H](C)NP(=O)(N[C@@H](C)C(=O)OC1CCCCC1)OCC(C#N)(OC)[C@@H](OC(C)=O)[C@@H](OC(C)=O)c1ccc2c(N)ncnn12. The lowest BCUT2D eigenvalue weighted by Crippen LogP contribution is -2.53. The van der Waals surface area contributed by atoms with Gasteiger partial charge in [-0.1, -0.05) is 33.1 Å². The van der Waals surface area contributed by atoms with E-state index in [1.54, 1.807) is 0 Å². The third-order valence-electron chi connectivity index (χ3n) is 9.02. The number of rotatable bonds is 20. The molecule has 0 amide bonds. The van der Waals surface area contributed by atoms with Crippen molar-refractivity contribution in [2.24, 2.45) is 5.92 Å². The summed E-state index contributed by atoms with van der Waals surface area (Å²) in [6, 6.07) is 2.47. The summed E-state index contributed by atoms with van der Waals surface area (Å²) in [7, 11) is -3.43. The van der Waals surface area contributed by atoms with Crippen LogP contribution in [0, 0.1) is 17.2 Å². The molecule has 0 bridgehead atoms. The summed E-state index contributed by atoms with van der Waals surface area (Å²) >= 11 is 0. The number of methoxy groups -OCH3 is 1. The van der Waals surface area contributed by atoms with E-state index in [2.05, 4.69) is 20.3 Å². The Morgan fingerprint density at radius 1 is 1.04 bits per heavy atom. The van der Waals surface area contributed by atoms with Crippen LogP contribution in [-0.4, -0.2) is 88.7 Å². The van der Waals surface area contributed by atoms with Crippen molar-refractivity contribution in [2.75, 3.05) is 26.1 Å². The van der Waals surface area contributed by atoms with Crippen molar-refractivity contribution >= 4 is 42.9 Å². The number of fused-ring (bicyclic) bond motifs is 1. The van der Waals surface area contributed by atoms with Crippen molar-refractivity contribution in [1.29, 1.82) is 5.26 Å². The van der Waals surface area contributed by atoms with Crippen LogP contribution in [0.2, 0.25) is 0 Å². The third-order valence-corrected chi connectivity index (χ3v) is 11.0. The standard InChI is InChI=1S/C34H52N7O11P/c1-8-25(9-2)17-48-32(44)21(3)39-53(46,40-22(4)33(45)52-26-13-11-10-12-14-26)49-19-34(18-35,47-7)30(51-24(6)43)29(50-23(5)42)27-15-16-28-31(36)37-20-38-41(27)28/h15-16,20-22,25-26,29-30H,8-14,17,19H2,1-7H3,(H2,36,37,38)(H2,39,40,46)/t21-,22-,29-,30-,34?,53?/m0/s1. The van der Waals surface area contributed by atoms with Gasteiger partial charge in [-0.15, -0.1) is 0 Å². The molecular weight excluding hydrogens is 713 g/mol. The fourth-order valence-corrected chi connectivity index (χ4v) is 7.66. The lowest BCUT2D eigenvalue weighted by molar-refractivity contribution is -0.191. The first-order valence-electron chi connectivity index (χ1n) is 17.7. The lowest BCUT2D eigenvalue weighted by Gasteiger charge is -2.37. The first-order chi connectivity index (χ1) is 25.1. The summed E-state index contributed by atoms with van der Waals surface area (Å²) in [6.45, 7) is 8.13. The molecule has 1 fully saturated rings. The molecule has 2 aromatic rings. The summed E-state index contributed by atoms with van der Waals surface area (Å²) in [5.41, 5.74) is 4.09. The van der Waals surface area contributed by atoms with Gasteiger partial charge < -0.3 is 33.9 Å². The molecule has 2 heterocycles. The number of nitrogens with zero attached hydrogens (tertiary/aromatic N) is 4. The first-order valence-corrected chi connectivity index (χ1v) is 19.3. The average molecular weight is 766 g/mol. The molecule has 0 aromatic carbocycles. The van der Waals surface area contributed by atoms with Crippen LogP contribution < -0.4 is 15.9 Å².